The number of amides is 2. The van der Waals surface area contributed by atoms with E-state index in [4.69, 9.17) is 4.74 Å². The zero-order valence-corrected chi connectivity index (χ0v) is 10.4. The fourth-order valence-corrected chi connectivity index (χ4v) is 1.79. The van der Waals surface area contributed by atoms with Gasteiger partial charge < -0.3 is 10.1 Å². The molecule has 0 aliphatic carbocycles. The molecule has 0 atom stereocenters. The molecule has 5 nitrogen and oxygen atoms in total. The topological polar surface area (TPSA) is 63.2 Å². The Morgan fingerprint density at radius 1 is 1.62 bits per heavy atom. The van der Waals surface area contributed by atoms with E-state index < -0.39 is 0 Å². The maximum absolute atomic E-state index is 11.4. The number of thiazole rings is 1. The van der Waals surface area contributed by atoms with E-state index in [1.807, 2.05) is 5.38 Å². The van der Waals surface area contributed by atoms with Gasteiger partial charge in [-0.15, -0.1) is 11.3 Å². The van der Waals surface area contributed by atoms with Gasteiger partial charge in [-0.2, -0.15) is 0 Å². The first-order valence-corrected chi connectivity index (χ1v) is 6.12. The average molecular weight is 243 g/mol. The molecule has 2 amide bonds. The summed E-state index contributed by atoms with van der Waals surface area (Å²) >= 11 is 1.39. The summed E-state index contributed by atoms with van der Waals surface area (Å²) in [7, 11) is 1.61. The summed E-state index contributed by atoms with van der Waals surface area (Å²) < 4.78 is 4.94. The summed E-state index contributed by atoms with van der Waals surface area (Å²) in [6.45, 7) is 3.24. The second-order valence-corrected chi connectivity index (χ2v) is 4.17. The largest absolute Gasteiger partial charge is 0.378 e. The Morgan fingerprint density at radius 3 is 3.12 bits per heavy atom. The smallest absolute Gasteiger partial charge is 0.321 e. The van der Waals surface area contributed by atoms with E-state index in [1.165, 1.54) is 11.3 Å². The summed E-state index contributed by atoms with van der Waals surface area (Å²) in [6, 6.07) is -0.202. The van der Waals surface area contributed by atoms with Crippen LogP contribution in [0, 0.1) is 0 Å². The molecule has 0 spiro atoms. The van der Waals surface area contributed by atoms with Crippen molar-refractivity contribution in [1.29, 1.82) is 0 Å². The minimum absolute atomic E-state index is 0.202. The van der Waals surface area contributed by atoms with Crippen LogP contribution in [0.1, 0.15) is 25.5 Å². The van der Waals surface area contributed by atoms with Crippen LogP contribution in [0.5, 0.6) is 0 Å². The molecule has 0 saturated heterocycles. The minimum atomic E-state index is -0.202. The number of nitrogens with zero attached hydrogens (tertiary/aromatic N) is 1. The Labute approximate surface area is 99.2 Å². The summed E-state index contributed by atoms with van der Waals surface area (Å²) in [5, 5.41) is 7.90. The monoisotopic (exact) mass is 243 g/mol. The van der Waals surface area contributed by atoms with Gasteiger partial charge in [0.2, 0.25) is 0 Å². The number of urea groups is 1. The van der Waals surface area contributed by atoms with Crippen LogP contribution in [-0.2, 0) is 11.3 Å². The Bertz CT molecular complexity index is 328. The molecule has 0 saturated carbocycles. The summed E-state index contributed by atoms with van der Waals surface area (Å²) in [4.78, 5) is 15.6. The highest BCUT2D eigenvalue weighted by Gasteiger charge is 2.05. The van der Waals surface area contributed by atoms with Crippen molar-refractivity contribution in [2.24, 2.45) is 0 Å². The fourth-order valence-electron chi connectivity index (χ4n) is 1.10. The lowest BCUT2D eigenvalue weighted by molar-refractivity contribution is 0.182. The first-order chi connectivity index (χ1) is 7.76. The van der Waals surface area contributed by atoms with E-state index in [9.17, 15) is 4.79 Å². The van der Waals surface area contributed by atoms with Gasteiger partial charge in [-0.1, -0.05) is 13.3 Å². The van der Waals surface area contributed by atoms with Gasteiger partial charge in [-0.25, -0.2) is 9.78 Å². The molecular weight excluding hydrogens is 226 g/mol. The van der Waals surface area contributed by atoms with Crippen molar-refractivity contribution in [3.05, 3.63) is 11.1 Å². The van der Waals surface area contributed by atoms with Crippen molar-refractivity contribution in [3.8, 4) is 0 Å². The molecule has 0 bridgehead atoms. The molecule has 2 N–H and O–H groups in total. The third kappa shape index (κ3) is 4.59. The number of aromatic nitrogens is 1. The molecule has 6 heteroatoms. The first-order valence-electron chi connectivity index (χ1n) is 5.24. The third-order valence-corrected chi connectivity index (χ3v) is 2.69. The van der Waals surface area contributed by atoms with E-state index in [2.05, 4.69) is 22.5 Å². The number of rotatable bonds is 6. The lowest BCUT2D eigenvalue weighted by Gasteiger charge is -2.03. The second-order valence-electron chi connectivity index (χ2n) is 3.31. The number of hydrogen-bond donors (Lipinski definition) is 2. The number of carbonyl (C=O) groups is 1. The van der Waals surface area contributed by atoms with E-state index >= 15 is 0 Å². The molecule has 0 aromatic carbocycles. The van der Waals surface area contributed by atoms with Gasteiger partial charge >= 0.3 is 6.03 Å². The van der Waals surface area contributed by atoms with Crippen molar-refractivity contribution in [3.63, 3.8) is 0 Å². The lowest BCUT2D eigenvalue weighted by Crippen LogP contribution is -2.29. The molecule has 0 aliphatic heterocycles. The van der Waals surface area contributed by atoms with E-state index in [0.29, 0.717) is 18.3 Å². The average Bonchev–Trinajstić information content (AvgIpc) is 2.66. The highest BCUT2D eigenvalue weighted by atomic mass is 32.1. The van der Waals surface area contributed by atoms with Gasteiger partial charge in [0.05, 0.1) is 12.3 Å². The standard InChI is InChI=1S/C10H17N3O2S/c1-3-4-5-11-9(14)13-10-12-8(6-15-2)7-16-10/h7H,3-6H2,1-2H3,(H2,11,12,13,14). The Kier molecular flexibility index (Phi) is 5.81. The van der Waals surface area contributed by atoms with Crippen LogP contribution in [-0.4, -0.2) is 24.7 Å². The molecule has 0 radical (unpaired) electrons. The van der Waals surface area contributed by atoms with Crippen molar-refractivity contribution in [1.82, 2.24) is 10.3 Å². The van der Waals surface area contributed by atoms with Gasteiger partial charge in [0.25, 0.3) is 0 Å². The highest BCUT2D eigenvalue weighted by Crippen LogP contribution is 2.15. The second kappa shape index (κ2) is 7.19. The maximum Gasteiger partial charge on any atom is 0.321 e. The predicted molar refractivity (Wildman–Crippen MR) is 64.8 cm³/mol. The van der Waals surface area contributed by atoms with Gasteiger partial charge in [0.1, 0.15) is 0 Å². The molecule has 1 heterocycles. The number of hydrogen-bond acceptors (Lipinski definition) is 4. The van der Waals surface area contributed by atoms with Crippen LogP contribution in [0.15, 0.2) is 5.38 Å². The Morgan fingerprint density at radius 2 is 2.44 bits per heavy atom. The third-order valence-electron chi connectivity index (χ3n) is 1.88. The molecule has 1 aromatic rings. The quantitative estimate of drug-likeness (QED) is 0.753. The lowest BCUT2D eigenvalue weighted by atomic mass is 10.3. The Hall–Kier alpha value is -1.14. The van der Waals surface area contributed by atoms with Crippen LogP contribution < -0.4 is 10.6 Å². The van der Waals surface area contributed by atoms with Crippen molar-refractivity contribution >= 4 is 22.5 Å². The highest BCUT2D eigenvalue weighted by molar-refractivity contribution is 7.13. The van der Waals surface area contributed by atoms with Crippen LogP contribution in [0.2, 0.25) is 0 Å². The molecule has 1 aromatic heterocycles. The van der Waals surface area contributed by atoms with Gasteiger partial charge in [0.15, 0.2) is 5.13 Å². The normalized spacial score (nSPS) is 10.1. The van der Waals surface area contributed by atoms with Crippen LogP contribution in [0.3, 0.4) is 0 Å². The minimum Gasteiger partial charge on any atom is -0.378 e. The zero-order valence-electron chi connectivity index (χ0n) is 9.58. The number of methoxy groups -OCH3 is 1. The summed E-state index contributed by atoms with van der Waals surface area (Å²) in [5.41, 5.74) is 0.830. The van der Waals surface area contributed by atoms with E-state index in [1.54, 1.807) is 7.11 Å². The van der Waals surface area contributed by atoms with E-state index in [0.717, 1.165) is 18.5 Å². The number of unbranched alkanes of at least 4 members (excludes halogenated alkanes) is 1. The number of anilines is 1. The van der Waals surface area contributed by atoms with Crippen molar-refractivity contribution < 1.29 is 9.53 Å². The number of nitrogens with one attached hydrogen (secondary N) is 2. The molecule has 1 rings (SSSR count). The molecule has 16 heavy (non-hydrogen) atoms. The first kappa shape index (κ1) is 12.9. The summed E-state index contributed by atoms with van der Waals surface area (Å²) in [5.74, 6) is 0. The number of ether oxygens (including phenoxy) is 1. The molecular formula is C10H17N3O2S. The summed E-state index contributed by atoms with van der Waals surface area (Å²) in [6.07, 6.45) is 2.05. The SMILES string of the molecule is CCCCNC(=O)Nc1nc(COC)cs1. The zero-order chi connectivity index (χ0) is 11.8. The predicted octanol–water partition coefficient (Wildman–Crippen LogP) is 2.21. The molecule has 0 fully saturated rings. The molecule has 0 aliphatic rings. The Balaban J connectivity index is 2.31. The fraction of sp³-hybridized carbons (Fsp3) is 0.600. The molecule has 90 valence electrons. The van der Waals surface area contributed by atoms with Crippen LogP contribution >= 0.6 is 11.3 Å². The van der Waals surface area contributed by atoms with E-state index in [-0.39, 0.29) is 6.03 Å². The van der Waals surface area contributed by atoms with Crippen molar-refractivity contribution in [2.75, 3.05) is 19.0 Å². The van der Waals surface area contributed by atoms with Crippen LogP contribution in [0.25, 0.3) is 0 Å². The van der Waals surface area contributed by atoms with Gasteiger partial charge in [-0.3, -0.25) is 5.32 Å². The van der Waals surface area contributed by atoms with Gasteiger partial charge in [0, 0.05) is 19.0 Å². The number of carbonyl (C=O) groups excluding carboxylic acids is 1. The van der Waals surface area contributed by atoms with Gasteiger partial charge in [-0.05, 0) is 6.42 Å². The maximum atomic E-state index is 11.4. The van der Waals surface area contributed by atoms with Crippen molar-refractivity contribution in [2.45, 2.75) is 26.4 Å². The van der Waals surface area contributed by atoms with Crippen LogP contribution in [0.4, 0.5) is 9.93 Å². The molecule has 0 unspecified atom stereocenters.